The van der Waals surface area contributed by atoms with Crippen LogP contribution in [0.2, 0.25) is 0 Å². The Bertz CT molecular complexity index is 331. The van der Waals surface area contributed by atoms with Crippen molar-refractivity contribution in [2.24, 2.45) is 5.92 Å². The Morgan fingerprint density at radius 1 is 1.33 bits per heavy atom. The smallest absolute Gasteiger partial charge is 0.158 e. The molecule has 1 nitrogen and oxygen atoms in total. The molecule has 0 spiro atoms. The van der Waals surface area contributed by atoms with E-state index in [0.29, 0.717) is 11.7 Å². The highest BCUT2D eigenvalue weighted by molar-refractivity contribution is 7.08. The molecule has 1 heterocycles. The third-order valence-electron chi connectivity index (χ3n) is 2.99. The lowest BCUT2D eigenvalue weighted by Crippen LogP contribution is -2.15. The number of allylic oxidation sites excluding steroid dienone is 1. The molecule has 0 saturated heterocycles. The molecular weight excluding hydrogens is 204 g/mol. The van der Waals surface area contributed by atoms with Gasteiger partial charge in [-0.2, -0.15) is 11.3 Å². The van der Waals surface area contributed by atoms with Crippen molar-refractivity contribution in [1.29, 1.82) is 0 Å². The van der Waals surface area contributed by atoms with Crippen LogP contribution in [0.5, 0.6) is 0 Å². The molecule has 0 atom stereocenters. The number of hydrogen-bond acceptors (Lipinski definition) is 2. The average molecular weight is 220 g/mol. The van der Waals surface area contributed by atoms with Crippen molar-refractivity contribution >= 4 is 23.2 Å². The second-order valence-electron chi connectivity index (χ2n) is 4.13. The molecule has 1 aliphatic rings. The van der Waals surface area contributed by atoms with Crippen molar-refractivity contribution in [3.63, 3.8) is 0 Å². The van der Waals surface area contributed by atoms with Crippen molar-refractivity contribution in [2.75, 3.05) is 0 Å². The average Bonchev–Trinajstić information content (AvgIpc) is 2.80. The Morgan fingerprint density at radius 2 is 2.13 bits per heavy atom. The van der Waals surface area contributed by atoms with E-state index in [1.54, 1.807) is 17.4 Å². The van der Waals surface area contributed by atoms with Gasteiger partial charge in [0.15, 0.2) is 5.78 Å². The Morgan fingerprint density at radius 3 is 2.80 bits per heavy atom. The molecule has 2 heteroatoms. The Hall–Kier alpha value is -0.890. The number of carbonyl (C=O) groups excluding carboxylic acids is 1. The van der Waals surface area contributed by atoms with Crippen molar-refractivity contribution < 1.29 is 4.79 Å². The van der Waals surface area contributed by atoms with E-state index in [9.17, 15) is 4.79 Å². The maximum atomic E-state index is 11.8. The fourth-order valence-corrected chi connectivity index (χ4v) is 2.70. The van der Waals surface area contributed by atoms with Crippen molar-refractivity contribution in [3.05, 3.63) is 28.5 Å². The molecule has 0 aliphatic heterocycles. The summed E-state index contributed by atoms with van der Waals surface area (Å²) in [7, 11) is 0. The van der Waals surface area contributed by atoms with Gasteiger partial charge in [-0.05, 0) is 41.3 Å². The molecule has 0 unspecified atom stereocenters. The van der Waals surface area contributed by atoms with Crippen molar-refractivity contribution in [1.82, 2.24) is 0 Å². The third kappa shape index (κ3) is 3.03. The molecule has 80 valence electrons. The number of rotatable bonds is 3. The quantitative estimate of drug-likeness (QED) is 0.706. The lowest BCUT2D eigenvalue weighted by atomic mass is 9.86. The van der Waals surface area contributed by atoms with Crippen molar-refractivity contribution in [2.45, 2.75) is 32.1 Å². The van der Waals surface area contributed by atoms with Gasteiger partial charge in [0.25, 0.3) is 0 Å². The summed E-state index contributed by atoms with van der Waals surface area (Å²) >= 11 is 1.66. The van der Waals surface area contributed by atoms with Crippen LogP contribution in [0.4, 0.5) is 0 Å². The molecule has 0 aromatic carbocycles. The topological polar surface area (TPSA) is 17.1 Å². The van der Waals surface area contributed by atoms with Gasteiger partial charge in [-0.25, -0.2) is 0 Å². The van der Waals surface area contributed by atoms with Gasteiger partial charge in [0.05, 0.1) is 0 Å². The summed E-state index contributed by atoms with van der Waals surface area (Å²) in [5.41, 5.74) is 1.14. The highest BCUT2D eigenvalue weighted by Crippen LogP contribution is 2.24. The van der Waals surface area contributed by atoms with E-state index in [-0.39, 0.29) is 0 Å². The fraction of sp³-hybridized carbons (Fsp3) is 0.462. The first-order valence-corrected chi connectivity index (χ1v) is 6.54. The summed E-state index contributed by atoms with van der Waals surface area (Å²) in [6.07, 6.45) is 9.63. The summed E-state index contributed by atoms with van der Waals surface area (Å²) in [5.74, 6) is 0.620. The number of hydrogen-bond donors (Lipinski definition) is 0. The molecule has 1 aliphatic carbocycles. The first kappa shape index (κ1) is 10.6. The minimum Gasteiger partial charge on any atom is -0.295 e. The second kappa shape index (κ2) is 5.26. The SMILES string of the molecule is O=C(C=Cc1ccsc1)C1CCCCC1. The summed E-state index contributed by atoms with van der Waals surface area (Å²) in [5, 5.41) is 4.09. The van der Waals surface area contributed by atoms with Gasteiger partial charge in [0.2, 0.25) is 0 Å². The lowest BCUT2D eigenvalue weighted by molar-refractivity contribution is -0.119. The number of ketones is 1. The van der Waals surface area contributed by atoms with E-state index in [2.05, 4.69) is 5.38 Å². The third-order valence-corrected chi connectivity index (χ3v) is 3.69. The Balaban J connectivity index is 1.91. The van der Waals surface area contributed by atoms with E-state index < -0.39 is 0 Å². The summed E-state index contributed by atoms with van der Waals surface area (Å²) < 4.78 is 0. The molecule has 1 saturated carbocycles. The van der Waals surface area contributed by atoms with Crippen LogP contribution in [-0.4, -0.2) is 5.78 Å². The maximum Gasteiger partial charge on any atom is 0.158 e. The predicted molar refractivity (Wildman–Crippen MR) is 64.9 cm³/mol. The Labute approximate surface area is 94.8 Å². The van der Waals surface area contributed by atoms with E-state index in [0.717, 1.165) is 18.4 Å². The van der Waals surface area contributed by atoms with E-state index in [1.807, 2.05) is 17.5 Å². The minimum atomic E-state index is 0.300. The zero-order valence-corrected chi connectivity index (χ0v) is 9.63. The van der Waals surface area contributed by atoms with Gasteiger partial charge in [-0.15, -0.1) is 0 Å². The van der Waals surface area contributed by atoms with E-state index >= 15 is 0 Å². The number of thiophene rings is 1. The van der Waals surface area contributed by atoms with Gasteiger partial charge >= 0.3 is 0 Å². The van der Waals surface area contributed by atoms with Crippen LogP contribution in [0, 0.1) is 5.92 Å². The van der Waals surface area contributed by atoms with Gasteiger partial charge < -0.3 is 0 Å². The van der Waals surface area contributed by atoms with Crippen LogP contribution < -0.4 is 0 Å². The maximum absolute atomic E-state index is 11.8. The highest BCUT2D eigenvalue weighted by atomic mass is 32.1. The van der Waals surface area contributed by atoms with E-state index in [4.69, 9.17) is 0 Å². The monoisotopic (exact) mass is 220 g/mol. The number of carbonyl (C=O) groups is 1. The van der Waals surface area contributed by atoms with Crippen LogP contribution in [0.15, 0.2) is 22.9 Å². The fourth-order valence-electron chi connectivity index (χ4n) is 2.07. The van der Waals surface area contributed by atoms with Crippen LogP contribution in [0.3, 0.4) is 0 Å². The normalized spacial score (nSPS) is 18.4. The molecule has 0 amide bonds. The van der Waals surface area contributed by atoms with Crippen LogP contribution in [0.25, 0.3) is 6.08 Å². The molecule has 2 rings (SSSR count). The van der Waals surface area contributed by atoms with Crippen LogP contribution in [-0.2, 0) is 4.79 Å². The Kier molecular flexibility index (Phi) is 3.73. The van der Waals surface area contributed by atoms with E-state index in [1.165, 1.54) is 19.3 Å². The molecule has 0 radical (unpaired) electrons. The van der Waals surface area contributed by atoms with Gasteiger partial charge in [-0.1, -0.05) is 25.3 Å². The standard InChI is InChI=1S/C13H16OS/c14-13(12-4-2-1-3-5-12)7-6-11-8-9-15-10-11/h6-10,12H,1-5H2. The van der Waals surface area contributed by atoms with Crippen LogP contribution in [0.1, 0.15) is 37.7 Å². The highest BCUT2D eigenvalue weighted by Gasteiger charge is 2.18. The first-order chi connectivity index (χ1) is 7.36. The molecule has 1 fully saturated rings. The summed E-state index contributed by atoms with van der Waals surface area (Å²) in [6.45, 7) is 0. The van der Waals surface area contributed by atoms with Gasteiger partial charge in [0, 0.05) is 5.92 Å². The molecule has 15 heavy (non-hydrogen) atoms. The van der Waals surface area contributed by atoms with Crippen LogP contribution >= 0.6 is 11.3 Å². The largest absolute Gasteiger partial charge is 0.295 e. The molecule has 1 aromatic heterocycles. The van der Waals surface area contributed by atoms with Crippen molar-refractivity contribution in [3.8, 4) is 0 Å². The molecular formula is C13H16OS. The van der Waals surface area contributed by atoms with Gasteiger partial charge in [-0.3, -0.25) is 4.79 Å². The molecule has 0 bridgehead atoms. The second-order valence-corrected chi connectivity index (χ2v) is 4.91. The predicted octanol–water partition coefficient (Wildman–Crippen LogP) is 3.91. The lowest BCUT2D eigenvalue weighted by Gasteiger charge is -2.18. The summed E-state index contributed by atoms with van der Waals surface area (Å²) in [4.78, 5) is 11.8. The summed E-state index contributed by atoms with van der Waals surface area (Å²) in [6, 6.07) is 2.04. The first-order valence-electron chi connectivity index (χ1n) is 5.60. The molecule has 0 N–H and O–H groups in total. The molecule has 1 aromatic rings. The zero-order valence-electron chi connectivity index (χ0n) is 8.82. The zero-order chi connectivity index (χ0) is 10.5. The van der Waals surface area contributed by atoms with Gasteiger partial charge in [0.1, 0.15) is 0 Å². The minimum absolute atomic E-state index is 0.300.